The van der Waals surface area contributed by atoms with Gasteiger partial charge in [0.2, 0.25) is 17.7 Å². The average molecular weight is 1860 g/mol. The Hall–Kier alpha value is -7.87. The number of nitrogens with one attached hydrogen (secondary N) is 1. The number of rotatable bonds is 21. The lowest BCUT2D eigenvalue weighted by Crippen LogP contribution is -2.46. The third-order valence-corrected chi connectivity index (χ3v) is 21.4. The topological polar surface area (TPSA) is 867 Å². The zero-order valence-electron chi connectivity index (χ0n) is 63.0. The second-order valence-corrected chi connectivity index (χ2v) is 33.6. The molecule has 0 unspecified atom stereocenters. The summed E-state index contributed by atoms with van der Waals surface area (Å²) < 4.78 is 114. The number of aryl methyl sites for hydroxylation is 3. The second kappa shape index (κ2) is 37.4. The molecule has 672 valence electrons. The Morgan fingerprint density at radius 3 is 1.26 bits per heavy atom. The molecule has 122 heavy (non-hydrogen) atoms. The van der Waals surface area contributed by atoms with Gasteiger partial charge in [0.15, 0.2) is 64.3 Å². The summed E-state index contributed by atoms with van der Waals surface area (Å²) in [6, 6.07) is 3.32. The number of aromatic nitrogens is 16. The van der Waals surface area contributed by atoms with Crippen molar-refractivity contribution in [3.05, 3.63) is 92.4 Å². The van der Waals surface area contributed by atoms with Crippen LogP contribution in [0.15, 0.2) is 53.1 Å². The van der Waals surface area contributed by atoms with Crippen LogP contribution in [0.2, 0.25) is 5.15 Å². The summed E-state index contributed by atoms with van der Waals surface area (Å²) in [5.41, 5.74) is 12.8. The molecule has 0 aromatic carbocycles. The van der Waals surface area contributed by atoms with Crippen molar-refractivity contribution >= 4 is 119 Å². The molecule has 0 radical (unpaired) electrons. The molecule has 64 heteroatoms. The molecule has 0 bridgehead atoms. The van der Waals surface area contributed by atoms with E-state index in [1.54, 1.807) is 32.2 Å². The zero-order valence-corrected chi connectivity index (χ0v) is 68.2. The number of pyridine rings is 1. The summed E-state index contributed by atoms with van der Waals surface area (Å²) in [6.07, 6.45) is -19.3. The number of anilines is 3. The smallest absolute Gasteiger partial charge is 0.469 e. The van der Waals surface area contributed by atoms with Crippen molar-refractivity contribution in [2.75, 3.05) is 56.5 Å². The Morgan fingerprint density at radius 2 is 0.844 bits per heavy atom. The van der Waals surface area contributed by atoms with Crippen molar-refractivity contribution in [3.63, 3.8) is 0 Å². The molecule has 0 spiro atoms. The number of hydrogen-bond acceptors (Lipinski definition) is 41. The molecule has 6 aliphatic heterocycles. The van der Waals surface area contributed by atoms with Crippen molar-refractivity contribution in [2.24, 2.45) is 7.05 Å². The van der Waals surface area contributed by atoms with Crippen LogP contribution in [0.1, 0.15) is 47.9 Å². The Balaban J connectivity index is 0.000000149. The van der Waals surface area contributed by atoms with E-state index in [-0.39, 0.29) is 51.8 Å². The number of halogens is 1. The first kappa shape index (κ1) is 94.8. The summed E-state index contributed by atoms with van der Waals surface area (Å²) in [5, 5.41) is 102. The van der Waals surface area contributed by atoms with Crippen molar-refractivity contribution in [1.82, 2.24) is 77.7 Å². The number of aromatic amines is 1. The fraction of sp³-hybridized carbons (Fsp3) is 0.534. The van der Waals surface area contributed by atoms with Crippen LogP contribution in [0.5, 0.6) is 5.88 Å². The molecule has 9 aromatic rings. The summed E-state index contributed by atoms with van der Waals surface area (Å²) in [4.78, 5) is 168. The molecule has 15 heterocycles. The van der Waals surface area contributed by atoms with Crippen LogP contribution in [0.25, 0.3) is 44.5 Å². The maximum absolute atomic E-state index is 12.3. The summed E-state index contributed by atoms with van der Waals surface area (Å²) >= 11 is 5.99. The van der Waals surface area contributed by atoms with Crippen molar-refractivity contribution in [1.29, 1.82) is 0 Å². The number of carbonyl (C=O) groups is 1. The van der Waals surface area contributed by atoms with E-state index in [2.05, 4.69) is 77.4 Å². The third kappa shape index (κ3) is 21.4. The van der Waals surface area contributed by atoms with Crippen LogP contribution >= 0.6 is 50.7 Å². The number of ether oxygens (including phenoxy) is 6. The Bertz CT molecular complexity index is 5680. The van der Waals surface area contributed by atoms with Gasteiger partial charge in [-0.1, -0.05) is 11.6 Å². The first-order chi connectivity index (χ1) is 56.8. The number of phosphoric ester groups is 5. The highest BCUT2D eigenvalue weighted by Crippen LogP contribution is 2.45. The van der Waals surface area contributed by atoms with E-state index in [4.69, 9.17) is 100 Å². The largest absolute Gasteiger partial charge is 0.479 e. The number of H-pyrrole nitrogens is 1. The van der Waals surface area contributed by atoms with Gasteiger partial charge in [-0.15, -0.1) is 0 Å². The predicted molar refractivity (Wildman–Crippen MR) is 398 cm³/mol. The lowest BCUT2D eigenvalue weighted by atomic mass is 10.1. The number of imidazole rings is 3. The molecule has 0 saturated carbocycles. The number of nitrogens with two attached hydrogens (primary N) is 2. The number of amides is 1. The number of aliphatic hydroxyl groups is 10. The van der Waals surface area contributed by atoms with E-state index in [9.17, 15) is 88.3 Å². The normalized spacial score (nSPS) is 28.0. The van der Waals surface area contributed by atoms with Gasteiger partial charge in [-0.2, -0.15) is 9.97 Å². The van der Waals surface area contributed by atoms with Crippen LogP contribution < -0.4 is 32.2 Å². The lowest BCUT2D eigenvalue weighted by Gasteiger charge is -2.26. The summed E-state index contributed by atoms with van der Waals surface area (Å²) in [6.45, 7) is 1.69. The van der Waals surface area contributed by atoms with Gasteiger partial charge in [0.1, 0.15) is 126 Å². The van der Waals surface area contributed by atoms with Crippen LogP contribution in [0, 0.1) is 20.8 Å². The standard InChI is InChI=1S/C12H17N4O8P.C12H16N3O9P.C12H16N3O7P.C11H14ClN4O7P.C11H16N5O8P/c1-5-14-10-7(11(15-5)22-2)13-4-16(10)12-9(18)8(17)6(24-12)3-23-25(19,20)21;1-4-13-10-5(11(19)14-4)2-7(16)15(10)12-9(18)8(17)6(24-12)3-23-25(20,21)22;13-7-1-3-14-11-6(7)2-4-15(11)12-10(17)9(16)8(22-12)5-21-23(18,19)20;1-4-14-9(12)6-10(15-4)16(3-13-6)11-8(18)7(17)5(23-11)2-22-24(19,20)21;1-15-9(19)5-8(14-11(15)12)16(3-13-5)10-7(18)6(17)4(24-10)2-23-25(20,21)22/h4,6,8-9,12,17-18H,3H2,1-2H3,(H2,19,20,21);6,8-9,12,17-18H,2-3H2,1H3,(H,13,14,19)(H2,20,21,22);1-4,8-10,12,16-17H,5H2,(H2,13,14)(H2,18,19,20);3,5,7-8,11,17-18H,2H2,1H3,(H2,19,20,21);3-4,6-7,10,17-18H,2H2,1H3,(H2,12,14)(H2,20,21,22)/t2*6-,8-,9-,12-;8-,9-,10-,12-;5-,7-,8-,11-;4-,6-,7-,10-/m11111/s1. The Labute approximate surface area is 684 Å². The predicted octanol–water partition coefficient (Wildman–Crippen LogP) is -7.30. The molecule has 25 N–H and O–H groups in total. The lowest BCUT2D eigenvalue weighted by molar-refractivity contribution is -0.121. The van der Waals surface area contributed by atoms with Crippen molar-refractivity contribution in [3.8, 4) is 5.88 Å². The highest BCUT2D eigenvalue weighted by atomic mass is 35.5. The van der Waals surface area contributed by atoms with E-state index in [1.165, 1.54) is 64.5 Å². The van der Waals surface area contributed by atoms with E-state index in [0.29, 0.717) is 50.7 Å². The monoisotopic (exact) mass is 1860 g/mol. The van der Waals surface area contributed by atoms with E-state index in [0.717, 1.165) is 9.47 Å². The molecule has 20 atom stereocenters. The molecular formula is C58H79ClN19O39P5. The van der Waals surface area contributed by atoms with Crippen molar-refractivity contribution < 1.29 is 179 Å². The maximum Gasteiger partial charge on any atom is 0.469 e. The number of nitrogens with zero attached hydrogens (tertiary/aromatic N) is 16. The fourth-order valence-corrected chi connectivity index (χ4v) is 14.9. The minimum Gasteiger partial charge on any atom is -0.479 e. The summed E-state index contributed by atoms with van der Waals surface area (Å²) in [5.74, 6) is 0.636. The quantitative estimate of drug-likeness (QED) is 0.0235. The third-order valence-electron chi connectivity index (χ3n) is 18.7. The number of nitrogen functional groups attached to an aromatic ring is 2. The molecule has 9 aromatic heterocycles. The van der Waals surface area contributed by atoms with Crippen LogP contribution in [-0.4, -0.2) is 321 Å². The first-order valence-corrected chi connectivity index (χ1v) is 42.9. The van der Waals surface area contributed by atoms with Crippen LogP contribution in [0.4, 0.5) is 17.5 Å². The zero-order chi connectivity index (χ0) is 89.8. The minimum atomic E-state index is -4.80. The molecule has 58 nitrogen and oxygen atoms in total. The van der Waals surface area contributed by atoms with Gasteiger partial charge in [0.05, 0.1) is 71.1 Å². The van der Waals surface area contributed by atoms with Gasteiger partial charge in [-0.05, 0) is 32.9 Å². The van der Waals surface area contributed by atoms with Gasteiger partial charge in [0, 0.05) is 30.5 Å². The number of aliphatic hydroxyl groups excluding tert-OH is 10. The molecule has 15 rings (SSSR count). The van der Waals surface area contributed by atoms with Crippen LogP contribution in [-0.2, 0) is 87.4 Å². The average Bonchev–Trinajstić information content (AvgIpc) is 1.66. The number of carbonyl (C=O) groups excluding carboxylic acids is 1. The Kier molecular flexibility index (Phi) is 29.0. The first-order valence-electron chi connectivity index (χ1n) is 34.9. The van der Waals surface area contributed by atoms with Gasteiger partial charge in [-0.3, -0.25) is 60.2 Å². The molecule has 0 aliphatic carbocycles. The highest BCUT2D eigenvalue weighted by molar-refractivity contribution is 7.47. The number of phosphoric acid groups is 5. The number of hydrogen-bond donors (Lipinski definition) is 23. The second-order valence-electron chi connectivity index (χ2n) is 27.1. The molecule has 1 amide bonds. The number of fused-ring (bicyclic) bond motifs is 5. The molecule has 5 saturated heterocycles. The van der Waals surface area contributed by atoms with E-state index >= 15 is 0 Å². The Morgan fingerprint density at radius 1 is 0.475 bits per heavy atom. The fourth-order valence-electron chi connectivity index (χ4n) is 12.9. The minimum absolute atomic E-state index is 0.0130. The van der Waals surface area contributed by atoms with Gasteiger partial charge < -0.3 is 149 Å². The van der Waals surface area contributed by atoms with Crippen LogP contribution in [0.3, 0.4) is 0 Å². The number of methoxy groups -OCH3 is 1. The summed E-state index contributed by atoms with van der Waals surface area (Å²) in [7, 11) is -20.9. The SMILES string of the molecule is COc1nc(C)nc2c1ncn2[C@@H]1O[C@H](COP(=O)(O)O)[C@@H](O)[C@H]1O.Cc1nc(Cl)c2ncn([C@@H]3O[C@H](COP(=O)(O)O)[C@@H](O)[C@H]3O)c2n1.Cc1nc2c(c(=O)[nH]1)CC(=O)N2[C@@H]1O[C@H](COP(=O)(O)O)[C@@H](O)[C@H]1O.Cn1c(N)nc2c(ncn2[C@@H]2O[C@H](COP(=O)(O)O)[C@@H](O)[C@H]2O)c1=O.Nc1ccnc2c1ccn2[C@@H]1O[C@H](COP(=O)(O)O)[C@@H](O)[C@H]1O. The van der Waals surface area contributed by atoms with E-state index in [1.807, 2.05) is 0 Å². The molecular weight excluding hydrogens is 1780 g/mol. The molecule has 6 aliphatic rings. The maximum atomic E-state index is 12.3. The highest BCUT2D eigenvalue weighted by Gasteiger charge is 2.53. The molecule has 5 fully saturated rings. The van der Waals surface area contributed by atoms with Gasteiger partial charge >= 0.3 is 39.1 Å². The van der Waals surface area contributed by atoms with E-state index < -0.39 is 212 Å². The van der Waals surface area contributed by atoms with Gasteiger partial charge in [-0.25, -0.2) is 62.7 Å². The van der Waals surface area contributed by atoms with Gasteiger partial charge in [0.25, 0.3) is 11.1 Å². The van der Waals surface area contributed by atoms with Crippen molar-refractivity contribution in [2.45, 2.75) is 150 Å².